The maximum absolute atomic E-state index is 10.4. The summed E-state index contributed by atoms with van der Waals surface area (Å²) in [5.41, 5.74) is 1.02. The Morgan fingerprint density at radius 2 is 0.545 bits per heavy atom. The third kappa shape index (κ3) is 3.47. The van der Waals surface area contributed by atoms with Gasteiger partial charge in [0.15, 0.2) is 34.5 Å². The summed E-state index contributed by atoms with van der Waals surface area (Å²) in [6.45, 7) is 0. The minimum absolute atomic E-state index is 0.0818. The van der Waals surface area contributed by atoms with E-state index in [1.54, 1.807) is 0 Å². The molecule has 4 aromatic rings. The number of phenolic OH excluding ortho intramolecular Hbond substituents is 9. The monoisotopic (exact) mass is 450 g/mol. The summed E-state index contributed by atoms with van der Waals surface area (Å²) < 4.78 is 0. The predicted octanol–water partition coefficient (Wildman–Crippen LogP) is 4.04. The summed E-state index contributed by atoms with van der Waals surface area (Å²) in [5.74, 6) is -5.80. The van der Waals surface area contributed by atoms with Gasteiger partial charge in [0.05, 0.1) is 0 Å². The molecule has 0 saturated heterocycles. The Hall–Kier alpha value is -4.92. The Bertz CT molecular complexity index is 1230. The number of hydrogen-bond acceptors (Lipinski definition) is 9. The highest BCUT2D eigenvalue weighted by Gasteiger charge is 2.20. The molecular formula is C24H18O9. The van der Waals surface area contributed by atoms with E-state index in [2.05, 4.69) is 0 Å². The summed E-state index contributed by atoms with van der Waals surface area (Å²) in [6, 6.07) is 11.9. The highest BCUT2D eigenvalue weighted by atomic mass is 16.3. The Kier molecular flexibility index (Phi) is 4.94. The summed E-state index contributed by atoms with van der Waals surface area (Å²) in [6.07, 6.45) is 0. The Morgan fingerprint density at radius 3 is 0.788 bits per heavy atom. The zero-order chi connectivity index (χ0) is 24.0. The van der Waals surface area contributed by atoms with Crippen molar-refractivity contribution in [2.75, 3.05) is 0 Å². The zero-order valence-electron chi connectivity index (χ0n) is 16.7. The van der Waals surface area contributed by atoms with Crippen molar-refractivity contribution in [2.45, 2.75) is 0 Å². The first kappa shape index (κ1) is 21.3. The predicted molar refractivity (Wildman–Crippen MR) is 118 cm³/mol. The Labute approximate surface area is 186 Å². The van der Waals surface area contributed by atoms with Gasteiger partial charge in [-0.25, -0.2) is 0 Å². The van der Waals surface area contributed by atoms with Gasteiger partial charge in [0.25, 0.3) is 0 Å². The van der Waals surface area contributed by atoms with E-state index < -0.39 is 51.7 Å². The fraction of sp³-hybridized carbons (Fsp3) is 0. The van der Waals surface area contributed by atoms with Gasteiger partial charge in [-0.05, 0) is 71.3 Å². The van der Waals surface area contributed by atoms with E-state index in [1.165, 1.54) is 36.4 Å². The fourth-order valence-corrected chi connectivity index (χ4v) is 3.50. The largest absolute Gasteiger partial charge is 0.504 e. The molecule has 0 fully saturated rings. The van der Waals surface area contributed by atoms with Gasteiger partial charge in [-0.3, -0.25) is 0 Å². The van der Waals surface area contributed by atoms with Crippen LogP contribution in [0.3, 0.4) is 0 Å². The van der Waals surface area contributed by atoms with E-state index >= 15 is 0 Å². The lowest BCUT2D eigenvalue weighted by Crippen LogP contribution is -1.89. The summed E-state index contributed by atoms with van der Waals surface area (Å²) in [7, 11) is 0. The molecule has 0 aliphatic heterocycles. The van der Waals surface area contributed by atoms with Gasteiger partial charge >= 0.3 is 0 Å². The van der Waals surface area contributed by atoms with Crippen LogP contribution in [0.2, 0.25) is 0 Å². The highest BCUT2D eigenvalue weighted by Crippen LogP contribution is 2.48. The van der Waals surface area contributed by atoms with Crippen molar-refractivity contribution in [1.29, 1.82) is 0 Å². The van der Waals surface area contributed by atoms with Crippen LogP contribution in [-0.2, 0) is 0 Å². The standard InChI is InChI=1S/C24H18O9/c25-16-4-1-13(19(28)22(16)31)10-7-11(14-2-5-17(26)23(32)20(14)29)9-12(8-10)15-3-6-18(27)24(33)21(15)30/h1-9,25-33H. The number of rotatable bonds is 3. The third-order valence-corrected chi connectivity index (χ3v) is 5.26. The van der Waals surface area contributed by atoms with Crippen LogP contribution in [0.5, 0.6) is 51.7 Å². The van der Waals surface area contributed by atoms with E-state index in [1.807, 2.05) is 0 Å². The maximum atomic E-state index is 10.4. The first-order valence-corrected chi connectivity index (χ1v) is 9.48. The molecule has 4 rings (SSSR count). The average Bonchev–Trinajstić information content (AvgIpc) is 2.79. The molecule has 0 radical (unpaired) electrons. The summed E-state index contributed by atoms with van der Waals surface area (Å²) in [4.78, 5) is 0. The average molecular weight is 450 g/mol. The van der Waals surface area contributed by atoms with E-state index in [9.17, 15) is 46.0 Å². The molecule has 0 aliphatic carbocycles. The second-order valence-corrected chi connectivity index (χ2v) is 7.29. The SMILES string of the molecule is Oc1ccc(-c2cc(-c3ccc(O)c(O)c3O)cc(-c3ccc(O)c(O)c3O)c2)c(O)c1O. The van der Waals surface area contributed by atoms with Gasteiger partial charge in [-0.1, -0.05) is 0 Å². The smallest absolute Gasteiger partial charge is 0.200 e. The van der Waals surface area contributed by atoms with Crippen molar-refractivity contribution in [3.63, 3.8) is 0 Å². The van der Waals surface area contributed by atoms with Gasteiger partial charge in [0, 0.05) is 16.7 Å². The van der Waals surface area contributed by atoms with Crippen LogP contribution in [0.4, 0.5) is 0 Å². The first-order valence-electron chi connectivity index (χ1n) is 9.48. The molecule has 33 heavy (non-hydrogen) atoms. The molecule has 0 aromatic heterocycles. The lowest BCUT2D eigenvalue weighted by molar-refractivity contribution is 0.369. The molecule has 9 nitrogen and oxygen atoms in total. The topological polar surface area (TPSA) is 182 Å². The second-order valence-electron chi connectivity index (χ2n) is 7.29. The van der Waals surface area contributed by atoms with Gasteiger partial charge in [-0.15, -0.1) is 0 Å². The molecule has 4 aromatic carbocycles. The van der Waals surface area contributed by atoms with Crippen LogP contribution in [0.1, 0.15) is 0 Å². The molecule has 9 heteroatoms. The normalized spacial score (nSPS) is 10.9. The molecule has 0 heterocycles. The number of benzene rings is 4. The second kappa shape index (κ2) is 7.65. The van der Waals surface area contributed by atoms with Crippen molar-refractivity contribution >= 4 is 0 Å². The van der Waals surface area contributed by atoms with Crippen molar-refractivity contribution in [3.8, 4) is 85.1 Å². The molecule has 0 bridgehead atoms. The minimum Gasteiger partial charge on any atom is -0.504 e. The maximum Gasteiger partial charge on any atom is 0.200 e. The van der Waals surface area contributed by atoms with Crippen molar-refractivity contribution in [3.05, 3.63) is 54.6 Å². The van der Waals surface area contributed by atoms with Crippen molar-refractivity contribution in [1.82, 2.24) is 0 Å². The summed E-state index contributed by atoms with van der Waals surface area (Å²) in [5, 5.41) is 89.9. The van der Waals surface area contributed by atoms with Crippen molar-refractivity contribution in [2.24, 2.45) is 0 Å². The number of hydrogen-bond donors (Lipinski definition) is 9. The lowest BCUT2D eigenvalue weighted by atomic mass is 9.92. The van der Waals surface area contributed by atoms with Gasteiger partial charge in [0.1, 0.15) is 0 Å². The van der Waals surface area contributed by atoms with Crippen LogP contribution >= 0.6 is 0 Å². The van der Waals surface area contributed by atoms with E-state index in [-0.39, 0.29) is 33.4 Å². The highest BCUT2D eigenvalue weighted by molar-refractivity contribution is 5.88. The van der Waals surface area contributed by atoms with Crippen LogP contribution in [-0.4, -0.2) is 46.0 Å². The Morgan fingerprint density at radius 1 is 0.303 bits per heavy atom. The molecule has 0 amide bonds. The molecular weight excluding hydrogens is 432 g/mol. The fourth-order valence-electron chi connectivity index (χ4n) is 3.50. The van der Waals surface area contributed by atoms with Crippen LogP contribution in [0, 0.1) is 0 Å². The van der Waals surface area contributed by atoms with E-state index in [0.717, 1.165) is 18.2 Å². The zero-order valence-corrected chi connectivity index (χ0v) is 16.7. The summed E-state index contributed by atoms with van der Waals surface area (Å²) >= 11 is 0. The molecule has 0 aliphatic rings. The van der Waals surface area contributed by atoms with Gasteiger partial charge < -0.3 is 46.0 Å². The first-order chi connectivity index (χ1) is 15.6. The lowest BCUT2D eigenvalue weighted by Gasteiger charge is -2.15. The van der Waals surface area contributed by atoms with Crippen LogP contribution in [0.15, 0.2) is 54.6 Å². The Balaban J connectivity index is 2.04. The van der Waals surface area contributed by atoms with Crippen molar-refractivity contribution < 1.29 is 46.0 Å². The van der Waals surface area contributed by atoms with E-state index in [4.69, 9.17) is 0 Å². The third-order valence-electron chi connectivity index (χ3n) is 5.26. The van der Waals surface area contributed by atoms with Crippen LogP contribution < -0.4 is 0 Å². The van der Waals surface area contributed by atoms with Gasteiger partial charge in [0.2, 0.25) is 17.2 Å². The number of aromatic hydroxyl groups is 9. The number of phenols is 9. The molecule has 0 atom stereocenters. The van der Waals surface area contributed by atoms with Crippen LogP contribution in [0.25, 0.3) is 33.4 Å². The molecule has 0 unspecified atom stereocenters. The quantitative estimate of drug-likeness (QED) is 0.208. The molecule has 168 valence electrons. The molecule has 0 spiro atoms. The van der Waals surface area contributed by atoms with E-state index in [0.29, 0.717) is 0 Å². The molecule has 0 saturated carbocycles. The van der Waals surface area contributed by atoms with Gasteiger partial charge in [-0.2, -0.15) is 0 Å². The minimum atomic E-state index is -0.755. The molecule has 9 N–H and O–H groups in total.